The first-order valence-corrected chi connectivity index (χ1v) is 4.12. The van der Waals surface area contributed by atoms with Gasteiger partial charge in [0.15, 0.2) is 0 Å². The van der Waals surface area contributed by atoms with Crippen LogP contribution in [0.3, 0.4) is 0 Å². The van der Waals surface area contributed by atoms with Crippen LogP contribution >= 0.6 is 0 Å². The topological polar surface area (TPSA) is 26.0 Å². The van der Waals surface area contributed by atoms with Gasteiger partial charge in [-0.05, 0) is 19.3 Å². The summed E-state index contributed by atoms with van der Waals surface area (Å²) in [6.07, 6.45) is 3.73. The van der Waals surface area contributed by atoms with Crippen molar-refractivity contribution in [3.8, 4) is 0 Å². The lowest BCUT2D eigenvalue weighted by Gasteiger charge is -2.13. The summed E-state index contributed by atoms with van der Waals surface area (Å²) in [6.45, 7) is 2.07. The molecule has 0 amide bonds. The van der Waals surface area contributed by atoms with Crippen LogP contribution < -0.4 is 5.73 Å². The van der Waals surface area contributed by atoms with Crippen LogP contribution in [-0.2, 0) is 0 Å². The Hall–Kier alpha value is -0.110. The Kier molecular flexibility index (Phi) is 2.29. The Balaban J connectivity index is 2.15. The number of hydrogen-bond acceptors (Lipinski definition) is 1. The van der Waals surface area contributed by atoms with Crippen LogP contribution in [0.25, 0.3) is 0 Å². The fourth-order valence-corrected chi connectivity index (χ4v) is 1.13. The minimum atomic E-state index is -0.743. The van der Waals surface area contributed by atoms with Gasteiger partial charge in [0.1, 0.15) is 6.17 Å². The van der Waals surface area contributed by atoms with E-state index < -0.39 is 11.7 Å². The van der Waals surface area contributed by atoms with Gasteiger partial charge in [-0.25, -0.2) is 4.39 Å². The van der Waals surface area contributed by atoms with E-state index in [9.17, 15) is 4.39 Å². The van der Waals surface area contributed by atoms with E-state index in [1.807, 2.05) is 0 Å². The van der Waals surface area contributed by atoms with Gasteiger partial charge in [0.25, 0.3) is 0 Å². The summed E-state index contributed by atoms with van der Waals surface area (Å²) in [7, 11) is 0. The van der Waals surface area contributed by atoms with Crippen LogP contribution in [0.5, 0.6) is 0 Å². The van der Waals surface area contributed by atoms with Crippen molar-refractivity contribution < 1.29 is 4.39 Å². The number of nitrogens with two attached hydrogens (primary N) is 1. The lowest BCUT2D eigenvalue weighted by atomic mass is 10.1. The largest absolute Gasteiger partial charge is 0.323 e. The molecule has 0 aromatic heterocycles. The molecule has 0 aromatic carbocycles. The first-order valence-electron chi connectivity index (χ1n) is 4.12. The summed E-state index contributed by atoms with van der Waals surface area (Å²) in [5, 5.41) is 0. The van der Waals surface area contributed by atoms with Gasteiger partial charge in [0, 0.05) is 5.54 Å². The minimum Gasteiger partial charge on any atom is -0.323 e. The molecule has 1 atom stereocenters. The van der Waals surface area contributed by atoms with Crippen LogP contribution in [0.2, 0.25) is 0 Å². The minimum absolute atomic E-state index is 0.408. The molecule has 2 heteroatoms. The average Bonchev–Trinajstić information content (AvgIpc) is 2.64. The Morgan fingerprint density at radius 3 is 2.60 bits per heavy atom. The van der Waals surface area contributed by atoms with E-state index in [1.165, 1.54) is 0 Å². The highest BCUT2D eigenvalue weighted by atomic mass is 19.1. The first-order chi connectivity index (χ1) is 4.69. The highest BCUT2D eigenvalue weighted by Gasteiger charge is 2.45. The molecule has 1 rings (SSSR count). The summed E-state index contributed by atoms with van der Waals surface area (Å²) in [5.41, 5.74) is 5.25. The highest BCUT2D eigenvalue weighted by molar-refractivity contribution is 5.04. The predicted octanol–water partition coefficient (Wildman–Crippen LogP) is 2.01. The van der Waals surface area contributed by atoms with Gasteiger partial charge in [-0.3, -0.25) is 0 Å². The van der Waals surface area contributed by atoms with Gasteiger partial charge in [0.2, 0.25) is 0 Å². The van der Waals surface area contributed by atoms with Gasteiger partial charge in [-0.1, -0.05) is 19.8 Å². The third-order valence-corrected chi connectivity index (χ3v) is 2.26. The van der Waals surface area contributed by atoms with Crippen molar-refractivity contribution in [1.29, 1.82) is 0 Å². The molecular formula is C8H16FN. The van der Waals surface area contributed by atoms with E-state index in [-0.39, 0.29) is 0 Å². The Labute approximate surface area is 61.8 Å². The van der Waals surface area contributed by atoms with Crippen molar-refractivity contribution in [2.45, 2.75) is 50.7 Å². The number of unbranched alkanes of at least 4 members (excludes halogenated alkanes) is 1. The number of hydrogen-bond donors (Lipinski definition) is 1. The lowest BCUT2D eigenvalue weighted by Crippen LogP contribution is -2.33. The highest BCUT2D eigenvalue weighted by Crippen LogP contribution is 2.39. The average molecular weight is 145 g/mol. The lowest BCUT2D eigenvalue weighted by molar-refractivity contribution is 0.247. The predicted molar refractivity (Wildman–Crippen MR) is 40.6 cm³/mol. The van der Waals surface area contributed by atoms with Crippen molar-refractivity contribution in [3.05, 3.63) is 0 Å². The van der Waals surface area contributed by atoms with E-state index in [0.717, 1.165) is 25.7 Å². The van der Waals surface area contributed by atoms with Crippen LogP contribution in [0.15, 0.2) is 0 Å². The molecular weight excluding hydrogens is 129 g/mol. The summed E-state index contributed by atoms with van der Waals surface area (Å²) in [6, 6.07) is 0. The molecule has 1 nitrogen and oxygen atoms in total. The second kappa shape index (κ2) is 2.87. The van der Waals surface area contributed by atoms with Crippen molar-refractivity contribution in [1.82, 2.24) is 0 Å². The van der Waals surface area contributed by atoms with Crippen molar-refractivity contribution >= 4 is 0 Å². The van der Waals surface area contributed by atoms with Crippen LogP contribution in [-0.4, -0.2) is 11.7 Å². The van der Waals surface area contributed by atoms with E-state index in [2.05, 4.69) is 6.92 Å². The van der Waals surface area contributed by atoms with Gasteiger partial charge < -0.3 is 5.73 Å². The van der Waals surface area contributed by atoms with E-state index in [0.29, 0.717) is 6.42 Å². The SMILES string of the molecule is CCCCC(F)C1(N)CC1. The summed E-state index contributed by atoms with van der Waals surface area (Å²) in [5.74, 6) is 0. The first kappa shape index (κ1) is 7.99. The maximum atomic E-state index is 13.0. The summed E-state index contributed by atoms with van der Waals surface area (Å²) >= 11 is 0. The van der Waals surface area contributed by atoms with Crippen molar-refractivity contribution in [2.24, 2.45) is 5.73 Å². The Bertz CT molecular complexity index is 110. The van der Waals surface area contributed by atoms with Crippen LogP contribution in [0.1, 0.15) is 39.0 Å². The second-order valence-electron chi connectivity index (χ2n) is 3.34. The summed E-state index contributed by atoms with van der Waals surface area (Å²) in [4.78, 5) is 0. The molecule has 1 saturated carbocycles. The van der Waals surface area contributed by atoms with Crippen molar-refractivity contribution in [2.75, 3.05) is 0 Å². The molecule has 60 valence electrons. The fraction of sp³-hybridized carbons (Fsp3) is 1.00. The molecule has 1 unspecified atom stereocenters. The molecule has 0 aliphatic heterocycles. The molecule has 1 aliphatic rings. The summed E-state index contributed by atoms with van der Waals surface area (Å²) < 4.78 is 13.0. The Morgan fingerprint density at radius 1 is 1.60 bits per heavy atom. The van der Waals surface area contributed by atoms with Gasteiger partial charge in [-0.15, -0.1) is 0 Å². The zero-order valence-corrected chi connectivity index (χ0v) is 6.57. The molecule has 1 aliphatic carbocycles. The fourth-order valence-electron chi connectivity index (χ4n) is 1.13. The van der Waals surface area contributed by atoms with Gasteiger partial charge in [-0.2, -0.15) is 0 Å². The number of halogens is 1. The third-order valence-electron chi connectivity index (χ3n) is 2.26. The zero-order chi connectivity index (χ0) is 7.61. The standard InChI is InChI=1S/C8H16FN/c1-2-3-4-7(9)8(10)5-6-8/h7H,2-6,10H2,1H3. The van der Waals surface area contributed by atoms with E-state index >= 15 is 0 Å². The molecule has 10 heavy (non-hydrogen) atoms. The van der Waals surface area contributed by atoms with E-state index in [4.69, 9.17) is 5.73 Å². The molecule has 0 bridgehead atoms. The molecule has 1 fully saturated rings. The maximum absolute atomic E-state index is 13.0. The number of alkyl halides is 1. The smallest absolute Gasteiger partial charge is 0.118 e. The monoisotopic (exact) mass is 145 g/mol. The second-order valence-corrected chi connectivity index (χ2v) is 3.34. The van der Waals surface area contributed by atoms with Gasteiger partial charge >= 0.3 is 0 Å². The molecule has 0 aromatic rings. The Morgan fingerprint density at radius 2 is 2.20 bits per heavy atom. The molecule has 0 spiro atoms. The molecule has 0 heterocycles. The maximum Gasteiger partial charge on any atom is 0.118 e. The zero-order valence-electron chi connectivity index (χ0n) is 6.57. The normalized spacial score (nSPS) is 24.3. The molecule has 2 N–H and O–H groups in total. The van der Waals surface area contributed by atoms with E-state index in [1.54, 1.807) is 0 Å². The van der Waals surface area contributed by atoms with Crippen LogP contribution in [0, 0.1) is 0 Å². The third kappa shape index (κ3) is 1.69. The quantitative estimate of drug-likeness (QED) is 0.643. The van der Waals surface area contributed by atoms with Crippen molar-refractivity contribution in [3.63, 3.8) is 0 Å². The van der Waals surface area contributed by atoms with Crippen LogP contribution in [0.4, 0.5) is 4.39 Å². The molecule has 0 saturated heterocycles. The molecule has 0 radical (unpaired) electrons. The van der Waals surface area contributed by atoms with Gasteiger partial charge in [0.05, 0.1) is 0 Å². The number of rotatable bonds is 4.